The van der Waals surface area contributed by atoms with Crippen molar-refractivity contribution in [2.75, 3.05) is 6.54 Å². The summed E-state index contributed by atoms with van der Waals surface area (Å²) in [5.74, 6) is 3.96. The predicted octanol–water partition coefficient (Wildman–Crippen LogP) is 2.39. The molecule has 2 heterocycles. The summed E-state index contributed by atoms with van der Waals surface area (Å²) in [7, 11) is 0. The number of benzene rings is 1. The Labute approximate surface area is 124 Å². The molecule has 4 nitrogen and oxygen atoms in total. The van der Waals surface area contributed by atoms with Crippen molar-refractivity contribution in [3.8, 4) is 12.3 Å². The second-order valence-electron chi connectivity index (χ2n) is 5.79. The zero-order valence-corrected chi connectivity index (χ0v) is 12.4. The predicted molar refractivity (Wildman–Crippen MR) is 82.8 cm³/mol. The van der Waals surface area contributed by atoms with E-state index in [9.17, 15) is 4.79 Å². The first-order valence-electron chi connectivity index (χ1n) is 7.30. The number of rotatable bonds is 3. The fourth-order valence-corrected chi connectivity index (χ4v) is 3.07. The van der Waals surface area contributed by atoms with Crippen LogP contribution in [0.4, 0.5) is 0 Å². The molecule has 1 saturated heterocycles. The number of nitrogens with zero attached hydrogens (tertiary/aromatic N) is 3. The second kappa shape index (κ2) is 5.25. The summed E-state index contributed by atoms with van der Waals surface area (Å²) in [6.07, 6.45) is 6.03. The van der Waals surface area contributed by atoms with Crippen molar-refractivity contribution in [3.05, 3.63) is 30.1 Å². The molecule has 0 spiro atoms. The molecule has 0 radical (unpaired) electrons. The Morgan fingerprint density at radius 3 is 2.86 bits per heavy atom. The number of terminal acetylenes is 1. The van der Waals surface area contributed by atoms with E-state index in [0.29, 0.717) is 13.0 Å². The number of fused-ring (bicyclic) bond motifs is 1. The number of aromatic nitrogens is 2. The molecule has 0 saturated carbocycles. The lowest BCUT2D eigenvalue weighted by Gasteiger charge is -2.21. The molecule has 1 amide bonds. The highest BCUT2D eigenvalue weighted by atomic mass is 16.2. The molecule has 4 heteroatoms. The Hall–Kier alpha value is -2.28. The minimum absolute atomic E-state index is 0.126. The van der Waals surface area contributed by atoms with E-state index in [1.54, 1.807) is 0 Å². The van der Waals surface area contributed by atoms with E-state index in [1.165, 1.54) is 0 Å². The van der Waals surface area contributed by atoms with Gasteiger partial charge < -0.3 is 9.47 Å². The molecule has 108 valence electrons. The highest BCUT2D eigenvalue weighted by molar-refractivity contribution is 5.81. The van der Waals surface area contributed by atoms with E-state index < -0.39 is 0 Å². The van der Waals surface area contributed by atoms with Gasteiger partial charge in [0.05, 0.1) is 17.6 Å². The van der Waals surface area contributed by atoms with Gasteiger partial charge in [-0.2, -0.15) is 0 Å². The number of para-hydroxylation sites is 2. The van der Waals surface area contributed by atoms with Crippen LogP contribution >= 0.6 is 0 Å². The summed E-state index contributed by atoms with van der Waals surface area (Å²) in [6.45, 7) is 5.31. The van der Waals surface area contributed by atoms with Gasteiger partial charge in [0.2, 0.25) is 5.91 Å². The average molecular weight is 281 g/mol. The Morgan fingerprint density at radius 1 is 1.43 bits per heavy atom. The van der Waals surface area contributed by atoms with Gasteiger partial charge in [-0.15, -0.1) is 6.42 Å². The molecule has 0 aliphatic carbocycles. The van der Waals surface area contributed by atoms with E-state index in [0.717, 1.165) is 23.4 Å². The van der Waals surface area contributed by atoms with Crippen LogP contribution in [0.15, 0.2) is 24.3 Å². The van der Waals surface area contributed by atoms with Gasteiger partial charge in [-0.3, -0.25) is 4.79 Å². The molecule has 1 atom stereocenters. The van der Waals surface area contributed by atoms with E-state index in [-0.39, 0.29) is 17.9 Å². The molecular formula is C17H19N3O. The number of likely N-dealkylation sites (tertiary alicyclic amines) is 1. The summed E-state index contributed by atoms with van der Waals surface area (Å²) in [5.41, 5.74) is 1.99. The fraction of sp³-hybridized carbons (Fsp3) is 0.412. The normalized spacial score (nSPS) is 18.7. The monoisotopic (exact) mass is 281 g/mol. The minimum Gasteiger partial charge on any atom is -0.340 e. The van der Waals surface area contributed by atoms with Gasteiger partial charge in [0, 0.05) is 24.9 Å². The number of hydrogen-bond acceptors (Lipinski definition) is 2. The van der Waals surface area contributed by atoms with Gasteiger partial charge in [0.25, 0.3) is 0 Å². The van der Waals surface area contributed by atoms with Gasteiger partial charge in [-0.05, 0) is 26.0 Å². The highest BCUT2D eigenvalue weighted by Crippen LogP contribution is 2.31. The van der Waals surface area contributed by atoms with E-state index in [2.05, 4.69) is 10.5 Å². The van der Waals surface area contributed by atoms with Crippen molar-refractivity contribution < 1.29 is 4.79 Å². The molecule has 1 aliphatic rings. The maximum absolute atomic E-state index is 12.1. The van der Waals surface area contributed by atoms with Gasteiger partial charge in [-0.1, -0.05) is 18.1 Å². The summed E-state index contributed by atoms with van der Waals surface area (Å²) in [5, 5.41) is 0. The van der Waals surface area contributed by atoms with Crippen LogP contribution in [0.5, 0.6) is 0 Å². The Kier molecular flexibility index (Phi) is 3.42. The zero-order valence-electron chi connectivity index (χ0n) is 12.4. The first kappa shape index (κ1) is 13.7. The van der Waals surface area contributed by atoms with Crippen LogP contribution in [0, 0.1) is 12.3 Å². The van der Waals surface area contributed by atoms with Gasteiger partial charge in [0.1, 0.15) is 5.82 Å². The molecular weight excluding hydrogens is 262 g/mol. The molecule has 1 aliphatic heterocycles. The van der Waals surface area contributed by atoms with Crippen LogP contribution < -0.4 is 0 Å². The van der Waals surface area contributed by atoms with Crippen molar-refractivity contribution in [2.45, 2.75) is 38.8 Å². The third-order valence-corrected chi connectivity index (χ3v) is 4.08. The first-order chi connectivity index (χ1) is 10.1. The van der Waals surface area contributed by atoms with Crippen molar-refractivity contribution in [2.24, 2.45) is 0 Å². The van der Waals surface area contributed by atoms with E-state index in [1.807, 2.05) is 43.0 Å². The average Bonchev–Trinajstić information content (AvgIpc) is 3.01. The Balaban J connectivity index is 2.03. The Morgan fingerprint density at radius 2 is 2.19 bits per heavy atom. The van der Waals surface area contributed by atoms with Crippen LogP contribution in [0.1, 0.15) is 32.0 Å². The van der Waals surface area contributed by atoms with E-state index >= 15 is 0 Å². The topological polar surface area (TPSA) is 38.1 Å². The molecule has 1 unspecified atom stereocenters. The summed E-state index contributed by atoms with van der Waals surface area (Å²) in [4.78, 5) is 18.8. The molecule has 0 N–H and O–H groups in total. The summed E-state index contributed by atoms with van der Waals surface area (Å²) in [6, 6.07) is 8.21. The maximum Gasteiger partial charge on any atom is 0.223 e. The van der Waals surface area contributed by atoms with Gasteiger partial charge in [-0.25, -0.2) is 4.98 Å². The lowest BCUT2D eigenvalue weighted by atomic mass is 10.1. The number of carbonyl (C=O) groups is 1. The number of amides is 1. The third-order valence-electron chi connectivity index (χ3n) is 4.08. The molecule has 1 aromatic heterocycles. The standard InChI is InChI=1S/C17H19N3O/c1-4-9-19-15-8-6-5-7-14(15)18-17(19)13-10-16(21)20(11-13)12(2)3/h1,5-8,12-13H,9-11H2,2-3H3. The first-order valence-corrected chi connectivity index (χ1v) is 7.30. The van der Waals surface area contributed by atoms with E-state index in [4.69, 9.17) is 11.4 Å². The van der Waals surface area contributed by atoms with Gasteiger partial charge in [0.15, 0.2) is 0 Å². The molecule has 1 aromatic carbocycles. The zero-order chi connectivity index (χ0) is 15.0. The number of imidazole rings is 1. The van der Waals surface area contributed by atoms with Crippen molar-refractivity contribution in [1.82, 2.24) is 14.5 Å². The SMILES string of the molecule is C#CCn1c(C2CC(=O)N(C(C)C)C2)nc2ccccc21. The van der Waals surface area contributed by atoms with Crippen LogP contribution in [0.3, 0.4) is 0 Å². The molecule has 3 rings (SSSR count). The van der Waals surface area contributed by atoms with Crippen LogP contribution in [0.2, 0.25) is 0 Å². The Bertz CT molecular complexity index is 723. The largest absolute Gasteiger partial charge is 0.340 e. The molecule has 21 heavy (non-hydrogen) atoms. The molecule has 0 bridgehead atoms. The summed E-state index contributed by atoms with van der Waals surface area (Å²) < 4.78 is 2.07. The van der Waals surface area contributed by atoms with Crippen molar-refractivity contribution in [3.63, 3.8) is 0 Å². The third kappa shape index (κ3) is 2.29. The second-order valence-corrected chi connectivity index (χ2v) is 5.79. The minimum atomic E-state index is 0.126. The lowest BCUT2D eigenvalue weighted by molar-refractivity contribution is -0.129. The van der Waals surface area contributed by atoms with Crippen molar-refractivity contribution in [1.29, 1.82) is 0 Å². The van der Waals surface area contributed by atoms with Crippen molar-refractivity contribution >= 4 is 16.9 Å². The lowest BCUT2D eigenvalue weighted by Crippen LogP contribution is -2.32. The fourth-order valence-electron chi connectivity index (χ4n) is 3.07. The maximum atomic E-state index is 12.1. The number of carbonyl (C=O) groups excluding carboxylic acids is 1. The van der Waals surface area contributed by atoms with Crippen LogP contribution in [0.25, 0.3) is 11.0 Å². The van der Waals surface area contributed by atoms with Crippen LogP contribution in [-0.4, -0.2) is 32.9 Å². The quantitative estimate of drug-likeness (QED) is 0.810. The molecule has 1 fully saturated rings. The molecule has 2 aromatic rings. The van der Waals surface area contributed by atoms with Gasteiger partial charge >= 0.3 is 0 Å². The summed E-state index contributed by atoms with van der Waals surface area (Å²) >= 11 is 0. The van der Waals surface area contributed by atoms with Crippen LogP contribution in [-0.2, 0) is 11.3 Å². The highest BCUT2D eigenvalue weighted by Gasteiger charge is 2.34. The number of hydrogen-bond donors (Lipinski definition) is 0. The smallest absolute Gasteiger partial charge is 0.223 e.